The Hall–Kier alpha value is -2.18. The van der Waals surface area contributed by atoms with Crippen LogP contribution in [0.25, 0.3) is 0 Å². The van der Waals surface area contributed by atoms with Gasteiger partial charge in [0, 0.05) is 18.5 Å². The molecule has 1 aliphatic rings. The quantitative estimate of drug-likeness (QED) is 0.413. The van der Waals surface area contributed by atoms with Crippen molar-refractivity contribution < 1.29 is 29.0 Å². The summed E-state index contributed by atoms with van der Waals surface area (Å²) in [6.07, 6.45) is 0.445. The number of carbonyl (C=O) groups excluding carboxylic acids is 3. The third-order valence-electron chi connectivity index (χ3n) is 4.30. The van der Waals surface area contributed by atoms with Crippen molar-refractivity contribution in [1.29, 1.82) is 0 Å². The fraction of sp³-hybridized carbons (Fsp3) is 0.700. The zero-order valence-corrected chi connectivity index (χ0v) is 17.3. The predicted molar refractivity (Wildman–Crippen MR) is 99.9 cm³/mol. The van der Waals surface area contributed by atoms with Crippen LogP contribution in [0.1, 0.15) is 67.7 Å². The van der Waals surface area contributed by atoms with E-state index in [1.165, 1.54) is 6.92 Å². The van der Waals surface area contributed by atoms with E-state index in [-0.39, 0.29) is 42.1 Å². The topological polar surface area (TPSA) is 110 Å². The van der Waals surface area contributed by atoms with Crippen LogP contribution in [-0.4, -0.2) is 40.3 Å². The van der Waals surface area contributed by atoms with Crippen LogP contribution in [0.4, 0.5) is 0 Å². The van der Waals surface area contributed by atoms with Crippen molar-refractivity contribution in [2.24, 2.45) is 11.3 Å². The first kappa shape index (κ1) is 22.9. The van der Waals surface area contributed by atoms with Gasteiger partial charge in [0.05, 0.1) is 11.5 Å². The molecule has 0 heterocycles. The Labute approximate surface area is 160 Å². The number of hydrogen-bond acceptors (Lipinski definition) is 6. The second kappa shape index (κ2) is 8.23. The second-order valence-corrected chi connectivity index (χ2v) is 9.07. The number of carbonyl (C=O) groups is 4. The second-order valence-electron chi connectivity index (χ2n) is 9.07. The molecule has 0 radical (unpaired) electrons. The van der Waals surface area contributed by atoms with Crippen molar-refractivity contribution in [1.82, 2.24) is 5.32 Å². The van der Waals surface area contributed by atoms with Crippen molar-refractivity contribution in [3.63, 3.8) is 0 Å². The Morgan fingerprint density at radius 3 is 2.07 bits per heavy atom. The fourth-order valence-corrected chi connectivity index (χ4v) is 3.09. The Morgan fingerprint density at radius 1 is 1.19 bits per heavy atom. The van der Waals surface area contributed by atoms with Gasteiger partial charge in [-0.1, -0.05) is 20.8 Å². The van der Waals surface area contributed by atoms with Crippen LogP contribution in [0.3, 0.4) is 0 Å². The number of hydrogen-bond donors (Lipinski definition) is 2. The zero-order chi connectivity index (χ0) is 21.2. The van der Waals surface area contributed by atoms with Crippen molar-refractivity contribution >= 4 is 23.5 Å². The number of allylic oxidation sites excluding steroid dienone is 2. The lowest BCUT2D eigenvalue weighted by Gasteiger charge is -2.30. The van der Waals surface area contributed by atoms with E-state index >= 15 is 0 Å². The molecule has 0 amide bonds. The summed E-state index contributed by atoms with van der Waals surface area (Å²) < 4.78 is 5.28. The van der Waals surface area contributed by atoms with Gasteiger partial charge in [-0.2, -0.15) is 0 Å². The lowest BCUT2D eigenvalue weighted by Crippen LogP contribution is -2.41. The monoisotopic (exact) mass is 381 g/mol. The van der Waals surface area contributed by atoms with E-state index in [1.54, 1.807) is 27.7 Å². The molecule has 0 aliphatic heterocycles. The molecule has 1 aliphatic carbocycles. The molecule has 7 heteroatoms. The minimum absolute atomic E-state index is 0.0251. The zero-order valence-electron chi connectivity index (χ0n) is 17.3. The molecule has 0 spiro atoms. The van der Waals surface area contributed by atoms with Crippen LogP contribution in [0.2, 0.25) is 0 Å². The minimum atomic E-state index is -1.17. The average molecular weight is 381 g/mol. The first-order valence-corrected chi connectivity index (χ1v) is 9.12. The van der Waals surface area contributed by atoms with Gasteiger partial charge < -0.3 is 15.2 Å². The van der Waals surface area contributed by atoms with E-state index in [9.17, 15) is 24.3 Å². The van der Waals surface area contributed by atoms with Crippen molar-refractivity contribution in [2.75, 3.05) is 0 Å². The van der Waals surface area contributed by atoms with E-state index in [2.05, 4.69) is 5.32 Å². The third kappa shape index (κ3) is 6.81. The summed E-state index contributed by atoms with van der Waals surface area (Å²) in [5, 5.41) is 12.2. The van der Waals surface area contributed by atoms with Crippen LogP contribution in [0, 0.1) is 11.3 Å². The largest absolute Gasteiger partial charge is 0.480 e. The number of rotatable bonds is 6. The standard InChI is InChI=1S/C20H31NO6/c1-11(18(26)27-19(3,4)5)8-13(17(24)25)21-12(2)16-14(22)9-20(6,7)10-15(16)23/h11,13,21H,8-10H2,1-7H3,(H,24,25)/t11?,13-/m0/s1. The predicted octanol–water partition coefficient (Wildman–Crippen LogP) is 2.63. The maximum atomic E-state index is 12.4. The molecule has 1 unspecified atom stereocenters. The molecule has 0 aromatic rings. The van der Waals surface area contributed by atoms with Gasteiger partial charge in [-0.05, 0) is 39.5 Å². The molecule has 0 saturated heterocycles. The molecule has 2 N–H and O–H groups in total. The molecule has 7 nitrogen and oxygen atoms in total. The molecule has 152 valence electrons. The number of ketones is 2. The molecule has 27 heavy (non-hydrogen) atoms. The average Bonchev–Trinajstić information content (AvgIpc) is 2.41. The van der Waals surface area contributed by atoms with Gasteiger partial charge >= 0.3 is 11.9 Å². The third-order valence-corrected chi connectivity index (χ3v) is 4.30. The molecular weight excluding hydrogens is 350 g/mol. The van der Waals surface area contributed by atoms with E-state index in [0.29, 0.717) is 0 Å². The molecule has 0 aromatic carbocycles. The Kier molecular flexibility index (Phi) is 6.97. The minimum Gasteiger partial charge on any atom is -0.480 e. The first-order chi connectivity index (χ1) is 12.1. The Morgan fingerprint density at radius 2 is 1.67 bits per heavy atom. The lowest BCUT2D eigenvalue weighted by atomic mass is 9.73. The normalized spacial score (nSPS) is 19.3. The summed E-state index contributed by atoms with van der Waals surface area (Å²) in [6.45, 7) is 12.0. The van der Waals surface area contributed by atoms with Crippen LogP contribution in [-0.2, 0) is 23.9 Å². The first-order valence-electron chi connectivity index (χ1n) is 9.12. The highest BCUT2D eigenvalue weighted by Crippen LogP contribution is 2.34. The van der Waals surface area contributed by atoms with Gasteiger partial charge in [-0.15, -0.1) is 0 Å². The molecule has 1 fully saturated rings. The van der Waals surface area contributed by atoms with Crippen LogP contribution in [0.5, 0.6) is 0 Å². The van der Waals surface area contributed by atoms with E-state index in [0.717, 1.165) is 0 Å². The molecule has 1 saturated carbocycles. The van der Waals surface area contributed by atoms with Crippen LogP contribution in [0.15, 0.2) is 11.3 Å². The van der Waals surface area contributed by atoms with Gasteiger partial charge in [0.1, 0.15) is 11.6 Å². The number of ether oxygens (including phenoxy) is 1. The number of Topliss-reactive ketones (excluding diaryl/α,β-unsaturated/α-hetero) is 2. The summed E-state index contributed by atoms with van der Waals surface area (Å²) >= 11 is 0. The number of aliphatic carboxylic acids is 1. The van der Waals surface area contributed by atoms with E-state index in [4.69, 9.17) is 4.74 Å². The molecular formula is C20H31NO6. The summed E-state index contributed by atoms with van der Waals surface area (Å²) in [4.78, 5) is 48.5. The van der Waals surface area contributed by atoms with Gasteiger partial charge in [-0.3, -0.25) is 14.4 Å². The fourth-order valence-electron chi connectivity index (χ4n) is 3.09. The number of esters is 1. The Balaban J connectivity index is 2.94. The lowest BCUT2D eigenvalue weighted by molar-refractivity contribution is -0.160. The molecule has 0 bridgehead atoms. The summed E-state index contributed by atoms with van der Waals surface area (Å²) in [5.41, 5.74) is -0.784. The number of nitrogens with one attached hydrogen (secondary N) is 1. The molecule has 0 aromatic heterocycles. The summed E-state index contributed by atoms with van der Waals surface area (Å²) in [7, 11) is 0. The highest BCUT2D eigenvalue weighted by atomic mass is 16.6. The highest BCUT2D eigenvalue weighted by molar-refractivity contribution is 6.22. The van der Waals surface area contributed by atoms with Crippen LogP contribution >= 0.6 is 0 Å². The van der Waals surface area contributed by atoms with Crippen molar-refractivity contribution in [3.05, 3.63) is 11.3 Å². The maximum absolute atomic E-state index is 12.4. The van der Waals surface area contributed by atoms with Gasteiger partial charge in [0.2, 0.25) is 0 Å². The maximum Gasteiger partial charge on any atom is 0.326 e. The number of carboxylic acid groups (broad SMARTS) is 1. The van der Waals surface area contributed by atoms with E-state index < -0.39 is 34.9 Å². The van der Waals surface area contributed by atoms with Gasteiger partial charge in [0.15, 0.2) is 11.6 Å². The van der Waals surface area contributed by atoms with Gasteiger partial charge in [0.25, 0.3) is 0 Å². The highest BCUT2D eigenvalue weighted by Gasteiger charge is 2.37. The number of carboxylic acids is 1. The summed E-state index contributed by atoms with van der Waals surface area (Å²) in [6, 6.07) is -1.12. The van der Waals surface area contributed by atoms with Crippen molar-refractivity contribution in [2.45, 2.75) is 79.4 Å². The van der Waals surface area contributed by atoms with Crippen molar-refractivity contribution in [3.8, 4) is 0 Å². The summed E-state index contributed by atoms with van der Waals surface area (Å²) in [5.74, 6) is -2.89. The SMILES string of the molecule is CC(N[C@@H](CC(C)C(=O)OC(C)(C)C)C(=O)O)=C1C(=O)CC(C)(C)CC1=O. The van der Waals surface area contributed by atoms with Crippen LogP contribution < -0.4 is 5.32 Å². The van der Waals surface area contributed by atoms with E-state index in [1.807, 2.05) is 13.8 Å². The Bertz CT molecular complexity index is 646. The van der Waals surface area contributed by atoms with Gasteiger partial charge in [-0.25, -0.2) is 4.79 Å². The molecule has 2 atom stereocenters. The molecule has 1 rings (SSSR count). The smallest absolute Gasteiger partial charge is 0.326 e.